The normalized spacial score (nSPS) is 21.4. The predicted octanol–water partition coefficient (Wildman–Crippen LogP) is 2.30. The topological polar surface area (TPSA) is 37.3 Å². The SMILES string of the molecule is O=C1CC[C@@H](O)c2cc(I)ccc21. The van der Waals surface area contributed by atoms with Crippen LogP contribution in [0.2, 0.25) is 0 Å². The molecule has 1 aliphatic carbocycles. The highest BCUT2D eigenvalue weighted by Gasteiger charge is 2.23. The van der Waals surface area contributed by atoms with Gasteiger partial charge in [-0.3, -0.25) is 4.79 Å². The summed E-state index contributed by atoms with van der Waals surface area (Å²) in [6.45, 7) is 0. The fourth-order valence-corrected chi connectivity index (χ4v) is 2.14. The summed E-state index contributed by atoms with van der Waals surface area (Å²) in [5.41, 5.74) is 1.49. The molecule has 1 N–H and O–H groups in total. The fraction of sp³-hybridized carbons (Fsp3) is 0.300. The molecule has 1 aliphatic rings. The van der Waals surface area contributed by atoms with Crippen molar-refractivity contribution in [2.24, 2.45) is 0 Å². The van der Waals surface area contributed by atoms with Crippen molar-refractivity contribution in [3.05, 3.63) is 32.9 Å². The fourth-order valence-electron chi connectivity index (χ4n) is 1.62. The van der Waals surface area contributed by atoms with Gasteiger partial charge >= 0.3 is 0 Å². The third-order valence-electron chi connectivity index (χ3n) is 2.32. The highest BCUT2D eigenvalue weighted by molar-refractivity contribution is 14.1. The third-order valence-corrected chi connectivity index (χ3v) is 2.99. The lowest BCUT2D eigenvalue weighted by atomic mass is 9.89. The van der Waals surface area contributed by atoms with Crippen molar-refractivity contribution in [2.75, 3.05) is 0 Å². The average Bonchev–Trinajstić information content (AvgIpc) is 2.12. The molecule has 0 aliphatic heterocycles. The van der Waals surface area contributed by atoms with E-state index in [1.165, 1.54) is 0 Å². The zero-order valence-electron chi connectivity index (χ0n) is 6.96. The molecule has 0 fully saturated rings. The lowest BCUT2D eigenvalue weighted by Crippen LogP contribution is -2.15. The summed E-state index contributed by atoms with van der Waals surface area (Å²) >= 11 is 2.18. The standard InChI is InChI=1S/C10H9IO2/c11-6-1-2-7-8(5-6)10(13)4-3-9(7)12/h1-2,5,10,13H,3-4H2/t10-/m1/s1. The van der Waals surface area contributed by atoms with Gasteiger partial charge in [-0.1, -0.05) is 0 Å². The number of halogens is 1. The Balaban J connectivity index is 2.57. The van der Waals surface area contributed by atoms with Crippen LogP contribution in [-0.4, -0.2) is 10.9 Å². The summed E-state index contributed by atoms with van der Waals surface area (Å²) in [5, 5.41) is 9.65. The molecule has 68 valence electrons. The van der Waals surface area contributed by atoms with Crippen LogP contribution < -0.4 is 0 Å². The van der Waals surface area contributed by atoms with Gasteiger partial charge in [-0.15, -0.1) is 0 Å². The van der Waals surface area contributed by atoms with E-state index in [1.54, 1.807) is 0 Å². The van der Waals surface area contributed by atoms with Crippen LogP contribution in [0.15, 0.2) is 18.2 Å². The first-order chi connectivity index (χ1) is 6.18. The molecule has 1 aromatic carbocycles. The Morgan fingerprint density at radius 3 is 3.00 bits per heavy atom. The van der Waals surface area contributed by atoms with Crippen LogP contribution in [0.4, 0.5) is 0 Å². The van der Waals surface area contributed by atoms with E-state index in [1.807, 2.05) is 18.2 Å². The Morgan fingerprint density at radius 1 is 1.46 bits per heavy atom. The molecular formula is C10H9IO2. The van der Waals surface area contributed by atoms with Gasteiger partial charge < -0.3 is 5.11 Å². The van der Waals surface area contributed by atoms with Gasteiger partial charge in [0.15, 0.2) is 5.78 Å². The van der Waals surface area contributed by atoms with E-state index >= 15 is 0 Å². The summed E-state index contributed by atoms with van der Waals surface area (Å²) in [6.07, 6.45) is 0.572. The first-order valence-corrected chi connectivity index (χ1v) is 5.27. The summed E-state index contributed by atoms with van der Waals surface area (Å²) in [7, 11) is 0. The first-order valence-electron chi connectivity index (χ1n) is 4.19. The van der Waals surface area contributed by atoms with Gasteiger partial charge in [-0.25, -0.2) is 0 Å². The molecule has 0 radical (unpaired) electrons. The maximum atomic E-state index is 11.4. The lowest BCUT2D eigenvalue weighted by Gasteiger charge is -2.20. The van der Waals surface area contributed by atoms with E-state index in [0.717, 1.165) is 9.13 Å². The average molecular weight is 288 g/mol. The van der Waals surface area contributed by atoms with E-state index in [4.69, 9.17) is 0 Å². The van der Waals surface area contributed by atoms with Crippen LogP contribution in [0, 0.1) is 3.57 Å². The molecule has 1 atom stereocenters. The van der Waals surface area contributed by atoms with Gasteiger partial charge in [0, 0.05) is 15.6 Å². The number of carbonyl (C=O) groups excluding carboxylic acids is 1. The molecule has 0 spiro atoms. The maximum Gasteiger partial charge on any atom is 0.163 e. The second kappa shape index (κ2) is 3.38. The Morgan fingerprint density at radius 2 is 2.23 bits per heavy atom. The van der Waals surface area contributed by atoms with E-state index in [0.29, 0.717) is 18.4 Å². The molecule has 13 heavy (non-hydrogen) atoms. The van der Waals surface area contributed by atoms with Crippen LogP contribution in [0.1, 0.15) is 34.9 Å². The molecule has 1 aromatic rings. The number of hydrogen-bond donors (Lipinski definition) is 1. The van der Waals surface area contributed by atoms with Crippen molar-refractivity contribution in [2.45, 2.75) is 18.9 Å². The predicted molar refractivity (Wildman–Crippen MR) is 57.7 cm³/mol. The number of carbonyl (C=O) groups is 1. The number of rotatable bonds is 0. The van der Waals surface area contributed by atoms with Crippen molar-refractivity contribution >= 4 is 28.4 Å². The quantitative estimate of drug-likeness (QED) is 0.744. The molecule has 0 unspecified atom stereocenters. The second-order valence-corrected chi connectivity index (χ2v) is 4.45. The third kappa shape index (κ3) is 1.62. The van der Waals surface area contributed by atoms with E-state index in [-0.39, 0.29) is 5.78 Å². The van der Waals surface area contributed by atoms with Gasteiger partial charge in [-0.2, -0.15) is 0 Å². The molecule has 0 saturated heterocycles. The zero-order chi connectivity index (χ0) is 9.42. The van der Waals surface area contributed by atoms with Crippen LogP contribution >= 0.6 is 22.6 Å². The van der Waals surface area contributed by atoms with Gasteiger partial charge in [0.1, 0.15) is 0 Å². The number of fused-ring (bicyclic) bond motifs is 1. The van der Waals surface area contributed by atoms with Gasteiger partial charge in [-0.05, 0) is 52.8 Å². The number of hydrogen-bond acceptors (Lipinski definition) is 2. The number of aliphatic hydroxyl groups is 1. The van der Waals surface area contributed by atoms with Gasteiger partial charge in [0.25, 0.3) is 0 Å². The maximum absolute atomic E-state index is 11.4. The van der Waals surface area contributed by atoms with Crippen molar-refractivity contribution < 1.29 is 9.90 Å². The van der Waals surface area contributed by atoms with E-state index < -0.39 is 6.10 Å². The van der Waals surface area contributed by atoms with Crippen LogP contribution in [0.3, 0.4) is 0 Å². The number of benzene rings is 1. The minimum absolute atomic E-state index is 0.150. The molecule has 2 rings (SSSR count). The molecule has 0 aromatic heterocycles. The van der Waals surface area contributed by atoms with Gasteiger partial charge in [0.2, 0.25) is 0 Å². The summed E-state index contributed by atoms with van der Waals surface area (Å²) < 4.78 is 1.06. The van der Waals surface area contributed by atoms with Crippen molar-refractivity contribution in [3.63, 3.8) is 0 Å². The smallest absolute Gasteiger partial charge is 0.163 e. The number of aliphatic hydroxyl groups excluding tert-OH is 1. The molecule has 0 saturated carbocycles. The molecule has 3 heteroatoms. The molecule has 0 heterocycles. The second-order valence-electron chi connectivity index (χ2n) is 3.21. The highest BCUT2D eigenvalue weighted by Crippen LogP contribution is 2.30. The Labute approximate surface area is 90.1 Å². The Hall–Kier alpha value is -0.420. The van der Waals surface area contributed by atoms with E-state index in [9.17, 15) is 9.90 Å². The van der Waals surface area contributed by atoms with Crippen LogP contribution in [0.5, 0.6) is 0 Å². The van der Waals surface area contributed by atoms with Gasteiger partial charge in [0.05, 0.1) is 6.10 Å². The number of ketones is 1. The summed E-state index contributed by atoms with van der Waals surface area (Å²) in [6, 6.07) is 5.59. The highest BCUT2D eigenvalue weighted by atomic mass is 127. The lowest BCUT2D eigenvalue weighted by molar-refractivity contribution is 0.0897. The van der Waals surface area contributed by atoms with Crippen molar-refractivity contribution in [1.29, 1.82) is 0 Å². The monoisotopic (exact) mass is 288 g/mol. The summed E-state index contributed by atoms with van der Waals surface area (Å²) in [4.78, 5) is 11.4. The molecular weight excluding hydrogens is 279 g/mol. The van der Waals surface area contributed by atoms with Crippen LogP contribution in [-0.2, 0) is 0 Å². The first kappa shape index (κ1) is 9.15. The number of Topliss-reactive ketones (excluding diaryl/α,β-unsaturated/α-hetero) is 1. The van der Waals surface area contributed by atoms with Crippen LogP contribution in [0.25, 0.3) is 0 Å². The molecule has 0 bridgehead atoms. The van der Waals surface area contributed by atoms with Crippen molar-refractivity contribution in [1.82, 2.24) is 0 Å². The summed E-state index contributed by atoms with van der Waals surface area (Å²) in [5.74, 6) is 0.150. The minimum atomic E-state index is -0.456. The van der Waals surface area contributed by atoms with E-state index in [2.05, 4.69) is 22.6 Å². The van der Waals surface area contributed by atoms with Crippen molar-refractivity contribution in [3.8, 4) is 0 Å². The largest absolute Gasteiger partial charge is 0.388 e. The Bertz CT molecular complexity index is 360. The zero-order valence-corrected chi connectivity index (χ0v) is 9.11. The minimum Gasteiger partial charge on any atom is -0.388 e. The Kier molecular flexibility index (Phi) is 2.38. The molecule has 0 amide bonds. The molecule has 2 nitrogen and oxygen atoms in total.